The third kappa shape index (κ3) is 3.88. The Hall–Kier alpha value is -2.41. The lowest BCUT2D eigenvalue weighted by Crippen LogP contribution is -2.38. The van der Waals surface area contributed by atoms with E-state index in [2.05, 4.69) is 16.8 Å². The van der Waals surface area contributed by atoms with Gasteiger partial charge in [0, 0.05) is 25.3 Å². The molecule has 0 saturated carbocycles. The quantitative estimate of drug-likeness (QED) is 0.805. The number of para-hydroxylation sites is 1. The van der Waals surface area contributed by atoms with Crippen molar-refractivity contribution in [2.45, 2.75) is 19.4 Å². The Morgan fingerprint density at radius 2 is 1.88 bits per heavy atom. The van der Waals surface area contributed by atoms with E-state index in [1.807, 2.05) is 36.4 Å². The molecule has 1 aromatic heterocycles. The van der Waals surface area contributed by atoms with Crippen molar-refractivity contribution in [1.82, 2.24) is 9.88 Å². The van der Waals surface area contributed by atoms with Crippen molar-refractivity contribution < 1.29 is 13.2 Å². The second-order valence-electron chi connectivity index (χ2n) is 6.45. The second-order valence-corrected chi connectivity index (χ2v) is 8.68. The van der Waals surface area contributed by atoms with Crippen molar-refractivity contribution in [2.75, 3.05) is 30.0 Å². The maximum atomic E-state index is 12.6. The molecule has 0 aliphatic carbocycles. The zero-order valence-electron chi connectivity index (χ0n) is 15.0. The molecule has 1 atom stereocenters. The first kappa shape index (κ1) is 18.4. The molecule has 2 aromatic rings. The average Bonchev–Trinajstić information content (AvgIpc) is 3.02. The molecule has 0 radical (unpaired) electrons. The fourth-order valence-electron chi connectivity index (χ4n) is 3.22. The first-order chi connectivity index (χ1) is 12.4. The highest BCUT2D eigenvalue weighted by molar-refractivity contribution is 7.91. The molecule has 6 nitrogen and oxygen atoms in total. The number of anilines is 2. The van der Waals surface area contributed by atoms with Crippen molar-refractivity contribution in [3.63, 3.8) is 0 Å². The van der Waals surface area contributed by atoms with Crippen LogP contribution in [0.2, 0.25) is 0 Å². The summed E-state index contributed by atoms with van der Waals surface area (Å²) in [5, 5.41) is 0. The Morgan fingerprint density at radius 1 is 1.15 bits per heavy atom. The standard InChI is InChI=1S/C19H23N3O3S/c1-3-22(15-7-5-4-6-8-15)16-9-10-18(20-13-16)19(23)21(2)17-11-12-26(24,25)14-17/h4-10,13,17H,3,11-12,14H2,1-2H3. The maximum absolute atomic E-state index is 12.6. The lowest BCUT2D eigenvalue weighted by molar-refractivity contribution is 0.0742. The zero-order valence-corrected chi connectivity index (χ0v) is 15.8. The van der Waals surface area contributed by atoms with Crippen LogP contribution >= 0.6 is 0 Å². The smallest absolute Gasteiger partial charge is 0.272 e. The molecule has 26 heavy (non-hydrogen) atoms. The number of benzene rings is 1. The fraction of sp³-hybridized carbons (Fsp3) is 0.368. The molecule has 138 valence electrons. The zero-order chi connectivity index (χ0) is 18.7. The first-order valence-electron chi connectivity index (χ1n) is 8.67. The molecule has 2 heterocycles. The highest BCUT2D eigenvalue weighted by atomic mass is 32.2. The molecule has 1 saturated heterocycles. The number of nitrogens with zero attached hydrogens (tertiary/aromatic N) is 3. The highest BCUT2D eigenvalue weighted by Crippen LogP contribution is 2.24. The summed E-state index contributed by atoms with van der Waals surface area (Å²) in [6.45, 7) is 2.83. The summed E-state index contributed by atoms with van der Waals surface area (Å²) >= 11 is 0. The third-order valence-corrected chi connectivity index (χ3v) is 6.49. The van der Waals surface area contributed by atoms with Crippen molar-refractivity contribution in [2.24, 2.45) is 0 Å². The summed E-state index contributed by atoms with van der Waals surface area (Å²) in [6, 6.07) is 13.3. The minimum atomic E-state index is -3.03. The summed E-state index contributed by atoms with van der Waals surface area (Å²) in [6.07, 6.45) is 2.17. The number of pyridine rings is 1. The van der Waals surface area contributed by atoms with E-state index in [0.717, 1.165) is 17.9 Å². The van der Waals surface area contributed by atoms with E-state index in [1.165, 1.54) is 4.90 Å². The van der Waals surface area contributed by atoms with Gasteiger partial charge in [-0.15, -0.1) is 0 Å². The monoisotopic (exact) mass is 373 g/mol. The Morgan fingerprint density at radius 3 is 2.42 bits per heavy atom. The van der Waals surface area contributed by atoms with Crippen LogP contribution in [0.5, 0.6) is 0 Å². The average molecular weight is 373 g/mol. The van der Waals surface area contributed by atoms with E-state index in [1.54, 1.807) is 19.3 Å². The Labute approximate surface area is 154 Å². The van der Waals surface area contributed by atoms with Gasteiger partial charge in [-0.25, -0.2) is 13.4 Å². The molecule has 1 amide bonds. The molecule has 3 rings (SSSR count). The first-order valence-corrected chi connectivity index (χ1v) is 10.5. The molecule has 1 aliphatic heterocycles. The molecule has 1 unspecified atom stereocenters. The summed E-state index contributed by atoms with van der Waals surface area (Å²) < 4.78 is 23.3. The Kier molecular flexibility index (Phi) is 5.27. The van der Waals surface area contributed by atoms with Gasteiger partial charge in [-0.1, -0.05) is 18.2 Å². The fourth-order valence-corrected chi connectivity index (χ4v) is 5.00. The van der Waals surface area contributed by atoms with Gasteiger partial charge in [0.2, 0.25) is 0 Å². The SMILES string of the molecule is CCN(c1ccccc1)c1ccc(C(=O)N(C)C2CCS(=O)(=O)C2)nc1. The number of amides is 1. The number of rotatable bonds is 5. The molecule has 7 heteroatoms. The molecule has 1 aromatic carbocycles. The number of hydrogen-bond donors (Lipinski definition) is 0. The topological polar surface area (TPSA) is 70.6 Å². The van der Waals surface area contributed by atoms with Crippen LogP contribution in [0.4, 0.5) is 11.4 Å². The predicted octanol–water partition coefficient (Wildman–Crippen LogP) is 2.50. The van der Waals surface area contributed by atoms with Crippen LogP contribution in [0.25, 0.3) is 0 Å². The van der Waals surface area contributed by atoms with Crippen LogP contribution in [0.1, 0.15) is 23.8 Å². The minimum Gasteiger partial charge on any atom is -0.341 e. The van der Waals surface area contributed by atoms with Crippen LogP contribution in [0.3, 0.4) is 0 Å². The lowest BCUT2D eigenvalue weighted by atomic mass is 10.2. The lowest BCUT2D eigenvalue weighted by Gasteiger charge is -2.24. The molecular formula is C19H23N3O3S. The van der Waals surface area contributed by atoms with Crippen LogP contribution in [0.15, 0.2) is 48.7 Å². The number of hydrogen-bond acceptors (Lipinski definition) is 5. The van der Waals surface area contributed by atoms with Gasteiger partial charge in [-0.05, 0) is 37.6 Å². The third-order valence-electron chi connectivity index (χ3n) is 4.74. The minimum absolute atomic E-state index is 0.0327. The van der Waals surface area contributed by atoms with Gasteiger partial charge in [0.05, 0.1) is 23.4 Å². The maximum Gasteiger partial charge on any atom is 0.272 e. The predicted molar refractivity (Wildman–Crippen MR) is 103 cm³/mol. The van der Waals surface area contributed by atoms with Gasteiger partial charge < -0.3 is 9.80 Å². The van der Waals surface area contributed by atoms with Crippen molar-refractivity contribution in [1.29, 1.82) is 0 Å². The van der Waals surface area contributed by atoms with Gasteiger partial charge in [0.15, 0.2) is 9.84 Å². The summed E-state index contributed by atoms with van der Waals surface area (Å²) in [7, 11) is -1.38. The number of carbonyl (C=O) groups excluding carboxylic acids is 1. The second kappa shape index (κ2) is 7.45. The van der Waals surface area contributed by atoms with Gasteiger partial charge in [-0.3, -0.25) is 4.79 Å². The highest BCUT2D eigenvalue weighted by Gasteiger charge is 2.33. The molecule has 1 aliphatic rings. The molecule has 0 spiro atoms. The van der Waals surface area contributed by atoms with Crippen molar-refractivity contribution in [3.05, 3.63) is 54.4 Å². The molecular weight excluding hydrogens is 350 g/mol. The van der Waals surface area contributed by atoms with Gasteiger partial charge >= 0.3 is 0 Å². The largest absolute Gasteiger partial charge is 0.341 e. The summed E-state index contributed by atoms with van der Waals surface area (Å²) in [5.41, 5.74) is 2.29. The van der Waals surface area contributed by atoms with Crippen LogP contribution in [-0.2, 0) is 9.84 Å². The van der Waals surface area contributed by atoms with E-state index >= 15 is 0 Å². The molecule has 1 fully saturated rings. The van der Waals surface area contributed by atoms with Crippen molar-refractivity contribution in [3.8, 4) is 0 Å². The van der Waals surface area contributed by atoms with E-state index in [0.29, 0.717) is 12.1 Å². The number of aromatic nitrogens is 1. The van der Waals surface area contributed by atoms with E-state index < -0.39 is 9.84 Å². The Balaban J connectivity index is 1.75. The Bertz CT molecular complexity index is 867. The van der Waals surface area contributed by atoms with Crippen molar-refractivity contribution >= 4 is 27.1 Å². The van der Waals surface area contributed by atoms with Gasteiger partial charge in [0.25, 0.3) is 5.91 Å². The van der Waals surface area contributed by atoms with E-state index in [9.17, 15) is 13.2 Å². The van der Waals surface area contributed by atoms with Gasteiger partial charge in [0.1, 0.15) is 5.69 Å². The van der Waals surface area contributed by atoms with E-state index in [-0.39, 0.29) is 23.5 Å². The number of carbonyl (C=O) groups is 1. The summed E-state index contributed by atoms with van der Waals surface area (Å²) in [4.78, 5) is 20.5. The van der Waals surface area contributed by atoms with E-state index in [4.69, 9.17) is 0 Å². The van der Waals surface area contributed by atoms with Crippen LogP contribution in [0, 0.1) is 0 Å². The normalized spacial score (nSPS) is 18.5. The van der Waals surface area contributed by atoms with Crippen LogP contribution < -0.4 is 4.90 Å². The molecule has 0 bridgehead atoms. The summed E-state index contributed by atoms with van der Waals surface area (Å²) in [5.74, 6) is -0.0730. The van der Waals surface area contributed by atoms with Crippen LogP contribution in [-0.4, -0.2) is 55.3 Å². The van der Waals surface area contributed by atoms with Gasteiger partial charge in [-0.2, -0.15) is 0 Å². The number of sulfone groups is 1. The molecule has 0 N–H and O–H groups in total.